The number of hydrogen-bond acceptors (Lipinski definition) is 3. The minimum atomic E-state index is -0.425. The number of guanidine groups is 1. The number of aliphatic imine (C=N–C) groups is 1. The molecule has 6 heteroatoms. The third-order valence-electron chi connectivity index (χ3n) is 4.05. The third kappa shape index (κ3) is 6.33. The van der Waals surface area contributed by atoms with E-state index in [1.165, 1.54) is 5.56 Å². The summed E-state index contributed by atoms with van der Waals surface area (Å²) in [5, 5.41) is 6.57. The van der Waals surface area contributed by atoms with E-state index in [1.807, 2.05) is 12.1 Å². The number of hydrogen-bond donors (Lipinski definition) is 3. The second-order valence-corrected chi connectivity index (χ2v) is 6.30. The van der Waals surface area contributed by atoms with Crippen LogP contribution in [0.5, 0.6) is 5.75 Å². The molecule has 2 aromatic rings. The molecule has 4 N–H and O–H groups in total. The molecule has 0 saturated heterocycles. The number of rotatable bonds is 8. The summed E-state index contributed by atoms with van der Waals surface area (Å²) in [6, 6.07) is 13.4. The first kappa shape index (κ1) is 20.3. The number of benzene rings is 2. The lowest BCUT2D eigenvalue weighted by atomic mass is 10.1. The number of carbonyl (C=O) groups excluding carboxylic acids is 1. The van der Waals surface area contributed by atoms with Crippen molar-refractivity contribution in [3.63, 3.8) is 0 Å². The number of carbonyl (C=O) groups is 1. The molecule has 0 radical (unpaired) electrons. The standard InChI is InChI=1S/C21H28N4O2/c1-4-11-27-19-12-15(2)5-8-18(19)14-25-21(23-3)24-13-16-6-9-17(10-7-16)20(22)26/h5-10,12H,4,11,13-14H2,1-3H3,(H2,22,26)(H2,23,24,25). The highest BCUT2D eigenvalue weighted by molar-refractivity contribution is 5.92. The second-order valence-electron chi connectivity index (χ2n) is 6.30. The number of amides is 1. The van der Waals surface area contributed by atoms with Crippen molar-refractivity contribution in [3.05, 3.63) is 64.7 Å². The second kappa shape index (κ2) is 10.2. The molecule has 0 aliphatic rings. The summed E-state index contributed by atoms with van der Waals surface area (Å²) in [5.41, 5.74) is 9.05. The predicted molar refractivity (Wildman–Crippen MR) is 109 cm³/mol. The van der Waals surface area contributed by atoms with Crippen LogP contribution in [-0.2, 0) is 13.1 Å². The van der Waals surface area contributed by atoms with E-state index in [-0.39, 0.29) is 0 Å². The Kier molecular flexibility index (Phi) is 7.67. The van der Waals surface area contributed by atoms with E-state index >= 15 is 0 Å². The Bertz CT molecular complexity index is 785. The van der Waals surface area contributed by atoms with Gasteiger partial charge in [-0.25, -0.2) is 0 Å². The molecule has 0 bridgehead atoms. The van der Waals surface area contributed by atoms with Crippen molar-refractivity contribution in [2.24, 2.45) is 10.7 Å². The molecule has 0 spiro atoms. The van der Waals surface area contributed by atoms with Gasteiger partial charge in [-0.2, -0.15) is 0 Å². The summed E-state index contributed by atoms with van der Waals surface area (Å²) in [7, 11) is 1.73. The van der Waals surface area contributed by atoms with E-state index in [2.05, 4.69) is 47.7 Å². The van der Waals surface area contributed by atoms with Gasteiger partial charge in [-0.05, 0) is 42.7 Å². The number of nitrogens with one attached hydrogen (secondary N) is 2. The van der Waals surface area contributed by atoms with E-state index in [4.69, 9.17) is 10.5 Å². The Morgan fingerprint density at radius 1 is 1.11 bits per heavy atom. The van der Waals surface area contributed by atoms with Crippen LogP contribution in [0.1, 0.15) is 40.4 Å². The summed E-state index contributed by atoms with van der Waals surface area (Å²) in [6.45, 7) is 6.05. The van der Waals surface area contributed by atoms with Crippen LogP contribution in [0.15, 0.2) is 47.5 Å². The highest BCUT2D eigenvalue weighted by Gasteiger charge is 2.06. The van der Waals surface area contributed by atoms with Gasteiger partial charge in [0.15, 0.2) is 5.96 Å². The maximum Gasteiger partial charge on any atom is 0.248 e. The van der Waals surface area contributed by atoms with Gasteiger partial charge in [0.25, 0.3) is 0 Å². The average Bonchev–Trinajstić information content (AvgIpc) is 2.67. The number of primary amides is 1. The van der Waals surface area contributed by atoms with Gasteiger partial charge in [0.2, 0.25) is 5.91 Å². The fourth-order valence-corrected chi connectivity index (χ4v) is 2.53. The van der Waals surface area contributed by atoms with Crippen LogP contribution < -0.4 is 21.1 Å². The molecular weight excluding hydrogens is 340 g/mol. The molecule has 6 nitrogen and oxygen atoms in total. The highest BCUT2D eigenvalue weighted by Crippen LogP contribution is 2.20. The van der Waals surface area contributed by atoms with Gasteiger partial charge in [0.05, 0.1) is 6.61 Å². The molecule has 27 heavy (non-hydrogen) atoms. The maximum absolute atomic E-state index is 11.1. The van der Waals surface area contributed by atoms with Gasteiger partial charge in [0.1, 0.15) is 5.75 Å². The molecule has 2 aromatic carbocycles. The van der Waals surface area contributed by atoms with Crippen LogP contribution in [0.4, 0.5) is 0 Å². The topological polar surface area (TPSA) is 88.7 Å². The molecule has 0 heterocycles. The summed E-state index contributed by atoms with van der Waals surface area (Å²) < 4.78 is 5.85. The average molecular weight is 368 g/mol. The van der Waals surface area contributed by atoms with Gasteiger partial charge in [0, 0.05) is 31.3 Å². The molecule has 2 rings (SSSR count). The molecule has 144 valence electrons. The van der Waals surface area contributed by atoms with Crippen molar-refractivity contribution >= 4 is 11.9 Å². The monoisotopic (exact) mass is 368 g/mol. The summed E-state index contributed by atoms with van der Waals surface area (Å²) in [5.74, 6) is 1.17. The minimum absolute atomic E-state index is 0.425. The van der Waals surface area contributed by atoms with Crippen molar-refractivity contribution in [1.29, 1.82) is 0 Å². The molecule has 1 amide bonds. The normalized spacial score (nSPS) is 11.1. The molecule has 0 aliphatic carbocycles. The molecule has 0 aliphatic heterocycles. The van der Waals surface area contributed by atoms with Crippen molar-refractivity contribution in [2.45, 2.75) is 33.4 Å². The van der Waals surface area contributed by atoms with Gasteiger partial charge >= 0.3 is 0 Å². The Hall–Kier alpha value is -3.02. The van der Waals surface area contributed by atoms with Crippen molar-refractivity contribution in [1.82, 2.24) is 10.6 Å². The van der Waals surface area contributed by atoms with Crippen LogP contribution in [0.25, 0.3) is 0 Å². The first-order valence-corrected chi connectivity index (χ1v) is 9.09. The van der Waals surface area contributed by atoms with Crippen molar-refractivity contribution in [3.8, 4) is 5.75 Å². The van der Waals surface area contributed by atoms with Crippen LogP contribution in [0.3, 0.4) is 0 Å². The molecule has 0 aromatic heterocycles. The number of ether oxygens (including phenoxy) is 1. The first-order chi connectivity index (χ1) is 13.0. The van der Waals surface area contributed by atoms with Gasteiger partial charge < -0.3 is 21.1 Å². The molecule has 0 atom stereocenters. The van der Waals surface area contributed by atoms with Gasteiger partial charge in [-0.1, -0.05) is 31.2 Å². The van der Waals surface area contributed by atoms with Gasteiger partial charge in [-0.3, -0.25) is 9.79 Å². The zero-order valence-electron chi connectivity index (χ0n) is 16.2. The fourth-order valence-electron chi connectivity index (χ4n) is 2.53. The lowest BCUT2D eigenvalue weighted by Gasteiger charge is -2.15. The lowest BCUT2D eigenvalue weighted by Crippen LogP contribution is -2.36. The highest BCUT2D eigenvalue weighted by atomic mass is 16.5. The fraction of sp³-hybridized carbons (Fsp3) is 0.333. The van der Waals surface area contributed by atoms with Crippen molar-refractivity contribution in [2.75, 3.05) is 13.7 Å². The van der Waals surface area contributed by atoms with Gasteiger partial charge in [-0.15, -0.1) is 0 Å². The van der Waals surface area contributed by atoms with E-state index in [0.717, 1.165) is 23.3 Å². The van der Waals surface area contributed by atoms with Crippen LogP contribution in [0.2, 0.25) is 0 Å². The SMILES string of the molecule is CCCOc1cc(C)ccc1CNC(=NC)NCc1ccc(C(N)=O)cc1. The van der Waals surface area contributed by atoms with E-state index in [9.17, 15) is 4.79 Å². The summed E-state index contributed by atoms with van der Waals surface area (Å²) in [6.07, 6.45) is 0.971. The molecule has 0 unspecified atom stereocenters. The van der Waals surface area contributed by atoms with Crippen LogP contribution in [-0.4, -0.2) is 25.5 Å². The number of nitrogens with two attached hydrogens (primary N) is 1. The zero-order chi connectivity index (χ0) is 19.6. The zero-order valence-corrected chi connectivity index (χ0v) is 16.2. The minimum Gasteiger partial charge on any atom is -0.493 e. The Balaban J connectivity index is 1.93. The van der Waals surface area contributed by atoms with Crippen LogP contribution in [0, 0.1) is 6.92 Å². The van der Waals surface area contributed by atoms with Crippen LogP contribution >= 0.6 is 0 Å². The third-order valence-corrected chi connectivity index (χ3v) is 4.05. The quantitative estimate of drug-likeness (QED) is 0.494. The predicted octanol–water partition coefficient (Wildman–Crippen LogP) is 2.75. The molecule has 0 fully saturated rings. The molecular formula is C21H28N4O2. The molecule has 0 saturated carbocycles. The van der Waals surface area contributed by atoms with E-state index in [1.54, 1.807) is 19.2 Å². The van der Waals surface area contributed by atoms with Crippen molar-refractivity contribution < 1.29 is 9.53 Å². The number of aryl methyl sites for hydroxylation is 1. The number of nitrogens with zero attached hydrogens (tertiary/aromatic N) is 1. The largest absolute Gasteiger partial charge is 0.493 e. The Labute approximate surface area is 160 Å². The summed E-state index contributed by atoms with van der Waals surface area (Å²) in [4.78, 5) is 15.4. The lowest BCUT2D eigenvalue weighted by molar-refractivity contribution is 0.100. The smallest absolute Gasteiger partial charge is 0.248 e. The Morgan fingerprint density at radius 3 is 2.44 bits per heavy atom. The summed E-state index contributed by atoms with van der Waals surface area (Å²) >= 11 is 0. The Morgan fingerprint density at radius 2 is 1.81 bits per heavy atom. The van der Waals surface area contributed by atoms with E-state index < -0.39 is 5.91 Å². The first-order valence-electron chi connectivity index (χ1n) is 9.09. The van der Waals surface area contributed by atoms with E-state index in [0.29, 0.717) is 31.2 Å². The maximum atomic E-state index is 11.1.